The van der Waals surface area contributed by atoms with Crippen LogP contribution in [0.5, 0.6) is 0 Å². The quantitative estimate of drug-likeness (QED) is 0.331. The number of carbonyl (C=O) groups is 3. The van der Waals surface area contributed by atoms with Crippen molar-refractivity contribution >= 4 is 38.7 Å². The van der Waals surface area contributed by atoms with Crippen molar-refractivity contribution in [3.8, 4) is 12.3 Å². The number of hydrogen-bond acceptors (Lipinski definition) is 6. The Labute approximate surface area is 241 Å². The molecule has 220 valence electrons. The minimum Gasteiger partial charge on any atom is -0.369 e. The van der Waals surface area contributed by atoms with Gasteiger partial charge in [-0.05, 0) is 42.5 Å². The molecule has 12 heteroatoms. The third kappa shape index (κ3) is 7.23. The van der Waals surface area contributed by atoms with Crippen LogP contribution in [0.1, 0.15) is 37.8 Å². The first-order chi connectivity index (χ1) is 19.6. The molecule has 1 unspecified atom stereocenters. The van der Waals surface area contributed by atoms with Gasteiger partial charge in [0.2, 0.25) is 17.7 Å². The highest BCUT2D eigenvalue weighted by atomic mass is 32.2. The smallest absolute Gasteiger partial charge is 0.282 e. The SMILES string of the molecule is C#CCNC(=O)CNC(=O)CN(C1CCN([C@H](C)c2cccc3ccccc23)CC1)S(=O)(=O)N1CCC(C(N)=O)C1. The van der Waals surface area contributed by atoms with E-state index in [2.05, 4.69) is 58.7 Å². The number of amides is 3. The number of nitrogens with one attached hydrogen (secondary N) is 2. The summed E-state index contributed by atoms with van der Waals surface area (Å²) in [5.74, 6) is 0.110. The maximum Gasteiger partial charge on any atom is 0.282 e. The van der Waals surface area contributed by atoms with Gasteiger partial charge in [-0.1, -0.05) is 48.4 Å². The maximum absolute atomic E-state index is 13.8. The van der Waals surface area contributed by atoms with E-state index in [1.54, 1.807) is 0 Å². The molecule has 0 radical (unpaired) electrons. The standard InChI is InChI=1S/C29H38N6O5S/c1-3-14-31-27(36)18-32-28(37)20-35(41(39,40)34-17-11-23(19-34)29(30)38)24-12-15-33(16-13-24)21(2)25-10-6-8-22-7-4-5-9-26(22)25/h1,4-10,21,23-24H,11-20H2,2H3,(H2,30,38)(H,31,36)(H,32,37)/t21-,23?/m1/s1. The molecule has 3 amide bonds. The number of benzene rings is 2. The molecule has 2 saturated heterocycles. The monoisotopic (exact) mass is 582 g/mol. The normalized spacial score (nSPS) is 19.6. The van der Waals surface area contributed by atoms with Crippen molar-refractivity contribution in [2.45, 2.75) is 38.3 Å². The molecule has 0 saturated carbocycles. The fraction of sp³-hybridized carbons (Fsp3) is 0.483. The number of likely N-dealkylation sites (tertiary alicyclic amines) is 1. The summed E-state index contributed by atoms with van der Waals surface area (Å²) in [6, 6.07) is 14.2. The molecule has 2 atom stereocenters. The first-order valence-electron chi connectivity index (χ1n) is 13.9. The van der Waals surface area contributed by atoms with Crippen LogP contribution in [0.4, 0.5) is 0 Å². The van der Waals surface area contributed by atoms with Crippen molar-refractivity contribution < 1.29 is 22.8 Å². The van der Waals surface area contributed by atoms with Crippen molar-refractivity contribution in [1.29, 1.82) is 0 Å². The van der Waals surface area contributed by atoms with E-state index in [1.807, 2.05) is 12.1 Å². The number of rotatable bonds is 11. The zero-order chi connectivity index (χ0) is 29.6. The molecule has 2 aliphatic rings. The Morgan fingerprint density at radius 2 is 1.76 bits per heavy atom. The highest BCUT2D eigenvalue weighted by Crippen LogP contribution is 2.32. The van der Waals surface area contributed by atoms with Crippen molar-refractivity contribution in [2.75, 3.05) is 45.8 Å². The summed E-state index contributed by atoms with van der Waals surface area (Å²) in [5, 5.41) is 7.30. The second kappa shape index (κ2) is 13.4. The van der Waals surface area contributed by atoms with E-state index in [1.165, 1.54) is 24.9 Å². The largest absolute Gasteiger partial charge is 0.369 e. The molecule has 0 aliphatic carbocycles. The van der Waals surface area contributed by atoms with Crippen LogP contribution >= 0.6 is 0 Å². The van der Waals surface area contributed by atoms with Gasteiger partial charge in [0.1, 0.15) is 0 Å². The first kappa shape index (κ1) is 30.5. The lowest BCUT2D eigenvalue weighted by atomic mass is 9.96. The van der Waals surface area contributed by atoms with Gasteiger partial charge in [-0.3, -0.25) is 19.3 Å². The van der Waals surface area contributed by atoms with E-state index in [0.29, 0.717) is 32.4 Å². The predicted molar refractivity (Wildman–Crippen MR) is 156 cm³/mol. The lowest BCUT2D eigenvalue weighted by Crippen LogP contribution is -2.55. The van der Waals surface area contributed by atoms with Gasteiger partial charge in [0, 0.05) is 38.3 Å². The number of hydrogen-bond donors (Lipinski definition) is 3. The molecule has 2 heterocycles. The van der Waals surface area contributed by atoms with Crippen LogP contribution in [0.15, 0.2) is 42.5 Å². The van der Waals surface area contributed by atoms with Crippen molar-refractivity contribution in [1.82, 2.24) is 24.1 Å². The van der Waals surface area contributed by atoms with E-state index in [-0.39, 0.29) is 32.2 Å². The molecule has 2 fully saturated rings. The molecular weight excluding hydrogens is 544 g/mol. The number of piperidine rings is 1. The van der Waals surface area contributed by atoms with Crippen LogP contribution in [0.3, 0.4) is 0 Å². The summed E-state index contributed by atoms with van der Waals surface area (Å²) in [6.07, 6.45) is 6.53. The zero-order valence-electron chi connectivity index (χ0n) is 23.3. The van der Waals surface area contributed by atoms with E-state index in [4.69, 9.17) is 12.2 Å². The Morgan fingerprint density at radius 3 is 2.44 bits per heavy atom. The van der Waals surface area contributed by atoms with Gasteiger partial charge in [0.25, 0.3) is 10.2 Å². The van der Waals surface area contributed by atoms with Gasteiger partial charge in [0.05, 0.1) is 25.6 Å². The van der Waals surface area contributed by atoms with Gasteiger partial charge in [-0.15, -0.1) is 6.42 Å². The first-order valence-corrected chi connectivity index (χ1v) is 15.3. The summed E-state index contributed by atoms with van der Waals surface area (Å²) in [6.45, 7) is 2.85. The number of nitrogens with zero attached hydrogens (tertiary/aromatic N) is 3. The van der Waals surface area contributed by atoms with Crippen molar-refractivity contribution in [3.05, 3.63) is 48.0 Å². The Hall–Kier alpha value is -3.50. The molecule has 0 bridgehead atoms. The van der Waals surface area contributed by atoms with E-state index in [0.717, 1.165) is 0 Å². The number of primary amides is 1. The minimum atomic E-state index is -4.08. The van der Waals surface area contributed by atoms with Gasteiger partial charge in [-0.25, -0.2) is 0 Å². The Kier molecular flexibility index (Phi) is 9.99. The Morgan fingerprint density at radius 1 is 1.05 bits per heavy atom. The third-order valence-corrected chi connectivity index (χ3v) is 10.0. The second-order valence-corrected chi connectivity index (χ2v) is 12.4. The van der Waals surface area contributed by atoms with Gasteiger partial charge in [0.15, 0.2) is 0 Å². The molecule has 4 rings (SSSR count). The molecule has 2 aliphatic heterocycles. The van der Waals surface area contributed by atoms with Gasteiger partial charge >= 0.3 is 0 Å². The summed E-state index contributed by atoms with van der Waals surface area (Å²) in [5.41, 5.74) is 6.65. The van der Waals surface area contributed by atoms with Crippen LogP contribution < -0.4 is 16.4 Å². The minimum absolute atomic E-state index is 0.0127. The average molecular weight is 583 g/mol. The highest BCUT2D eigenvalue weighted by Gasteiger charge is 2.42. The van der Waals surface area contributed by atoms with E-state index >= 15 is 0 Å². The molecule has 2 aromatic carbocycles. The van der Waals surface area contributed by atoms with E-state index < -0.39 is 46.4 Å². The molecule has 0 aromatic heterocycles. The third-order valence-electron chi connectivity index (χ3n) is 8.04. The van der Waals surface area contributed by atoms with Crippen molar-refractivity contribution in [3.63, 3.8) is 0 Å². The predicted octanol–water partition coefficient (Wildman–Crippen LogP) is 0.585. The summed E-state index contributed by atoms with van der Waals surface area (Å²) in [7, 11) is -4.08. The maximum atomic E-state index is 13.8. The molecule has 4 N–H and O–H groups in total. The van der Waals surface area contributed by atoms with Gasteiger partial charge < -0.3 is 16.4 Å². The van der Waals surface area contributed by atoms with Crippen LogP contribution in [-0.4, -0.2) is 91.5 Å². The number of nitrogens with two attached hydrogens (primary N) is 1. The Balaban J connectivity index is 1.47. The fourth-order valence-corrected chi connectivity index (χ4v) is 7.55. The average Bonchev–Trinajstić information content (AvgIpc) is 3.49. The van der Waals surface area contributed by atoms with E-state index in [9.17, 15) is 22.8 Å². The lowest BCUT2D eigenvalue weighted by molar-refractivity contribution is -0.126. The molecule has 2 aromatic rings. The van der Waals surface area contributed by atoms with Crippen molar-refractivity contribution in [2.24, 2.45) is 11.7 Å². The van der Waals surface area contributed by atoms with Crippen LogP contribution in [0.2, 0.25) is 0 Å². The summed E-state index contributed by atoms with van der Waals surface area (Å²) < 4.78 is 30.1. The Bertz CT molecular complexity index is 1410. The highest BCUT2D eigenvalue weighted by molar-refractivity contribution is 7.86. The van der Waals surface area contributed by atoms with Crippen LogP contribution in [0, 0.1) is 18.3 Å². The summed E-state index contributed by atoms with van der Waals surface area (Å²) >= 11 is 0. The van der Waals surface area contributed by atoms with Gasteiger partial charge in [-0.2, -0.15) is 17.0 Å². The lowest BCUT2D eigenvalue weighted by Gasteiger charge is -2.41. The second-order valence-electron chi connectivity index (χ2n) is 10.6. The van der Waals surface area contributed by atoms with Crippen LogP contribution in [0.25, 0.3) is 10.8 Å². The van der Waals surface area contributed by atoms with Crippen LogP contribution in [-0.2, 0) is 24.6 Å². The zero-order valence-corrected chi connectivity index (χ0v) is 24.1. The number of carbonyl (C=O) groups excluding carboxylic acids is 3. The fourth-order valence-electron chi connectivity index (χ4n) is 5.68. The molecular formula is C29H38N6O5S. The molecule has 41 heavy (non-hydrogen) atoms. The molecule has 0 spiro atoms. The summed E-state index contributed by atoms with van der Waals surface area (Å²) in [4.78, 5) is 38.8. The topological polar surface area (TPSA) is 145 Å². The number of fused-ring (bicyclic) bond motifs is 1. The molecule has 11 nitrogen and oxygen atoms in total. The number of terminal acetylenes is 1.